The number of ether oxygens (including phenoxy) is 1. The zero-order valence-corrected chi connectivity index (χ0v) is 12.0. The molecular weight excluding hydrogens is 240 g/mol. The predicted octanol–water partition coefficient (Wildman–Crippen LogP) is 2.07. The third-order valence-corrected chi connectivity index (χ3v) is 3.29. The van der Waals surface area contributed by atoms with Crippen molar-refractivity contribution in [3.8, 4) is 5.75 Å². The van der Waals surface area contributed by atoms with Crippen molar-refractivity contribution in [2.75, 3.05) is 6.61 Å². The largest absolute Gasteiger partial charge is 0.494 e. The molecule has 106 valence electrons. The van der Waals surface area contributed by atoms with E-state index in [2.05, 4.69) is 5.32 Å². The van der Waals surface area contributed by atoms with Crippen LogP contribution in [0.15, 0.2) is 24.3 Å². The van der Waals surface area contributed by atoms with Gasteiger partial charge in [0.05, 0.1) is 12.6 Å². The van der Waals surface area contributed by atoms with Crippen LogP contribution in [0, 0.1) is 5.92 Å². The van der Waals surface area contributed by atoms with E-state index in [0.29, 0.717) is 13.2 Å². The summed E-state index contributed by atoms with van der Waals surface area (Å²) in [6.45, 7) is 7.01. The zero-order chi connectivity index (χ0) is 14.3. The molecule has 0 spiro atoms. The minimum Gasteiger partial charge on any atom is -0.494 e. The van der Waals surface area contributed by atoms with Crippen LogP contribution in [-0.2, 0) is 11.3 Å². The van der Waals surface area contributed by atoms with Crippen LogP contribution in [-0.4, -0.2) is 18.6 Å². The summed E-state index contributed by atoms with van der Waals surface area (Å²) in [5, 5.41) is 2.87. The third-order valence-electron chi connectivity index (χ3n) is 3.29. The lowest BCUT2D eigenvalue weighted by Crippen LogP contribution is -2.44. The molecule has 1 aromatic rings. The Bertz CT molecular complexity index is 407. The molecular formula is C15H24N2O2. The standard InChI is InChI=1S/C15H24N2O2/c1-4-11(3)14(16)15(18)17-10-12-8-6-7-9-13(12)19-5-2/h6-9,11,14H,4-5,10,16H2,1-3H3,(H,17,18). The van der Waals surface area contributed by atoms with E-state index < -0.39 is 6.04 Å². The molecule has 0 saturated carbocycles. The van der Waals surface area contributed by atoms with Crippen LogP contribution in [0.5, 0.6) is 5.75 Å². The fourth-order valence-corrected chi connectivity index (χ4v) is 1.76. The molecule has 0 aliphatic carbocycles. The van der Waals surface area contributed by atoms with Gasteiger partial charge in [-0.2, -0.15) is 0 Å². The van der Waals surface area contributed by atoms with Crippen LogP contribution in [0.1, 0.15) is 32.8 Å². The van der Waals surface area contributed by atoms with Gasteiger partial charge in [-0.1, -0.05) is 38.5 Å². The Hall–Kier alpha value is -1.55. The van der Waals surface area contributed by atoms with Gasteiger partial charge in [-0.05, 0) is 18.9 Å². The van der Waals surface area contributed by atoms with Crippen molar-refractivity contribution in [3.05, 3.63) is 29.8 Å². The quantitative estimate of drug-likeness (QED) is 0.792. The lowest BCUT2D eigenvalue weighted by atomic mass is 9.99. The van der Waals surface area contributed by atoms with E-state index in [-0.39, 0.29) is 11.8 Å². The highest BCUT2D eigenvalue weighted by Gasteiger charge is 2.19. The van der Waals surface area contributed by atoms with Crippen LogP contribution in [0.4, 0.5) is 0 Å². The number of nitrogens with two attached hydrogens (primary N) is 1. The topological polar surface area (TPSA) is 64.3 Å². The van der Waals surface area contributed by atoms with Gasteiger partial charge in [0.2, 0.25) is 5.91 Å². The minimum atomic E-state index is -0.454. The molecule has 0 radical (unpaired) electrons. The number of benzene rings is 1. The third kappa shape index (κ3) is 4.56. The highest BCUT2D eigenvalue weighted by molar-refractivity contribution is 5.81. The molecule has 0 heterocycles. The molecule has 1 amide bonds. The lowest BCUT2D eigenvalue weighted by Gasteiger charge is -2.18. The first-order valence-corrected chi connectivity index (χ1v) is 6.84. The molecule has 0 aromatic heterocycles. The summed E-state index contributed by atoms with van der Waals surface area (Å²) in [5.41, 5.74) is 6.86. The van der Waals surface area contributed by atoms with Crippen LogP contribution in [0.25, 0.3) is 0 Å². The van der Waals surface area contributed by atoms with E-state index in [1.165, 1.54) is 0 Å². The average molecular weight is 264 g/mol. The SMILES string of the molecule is CCOc1ccccc1CNC(=O)C(N)C(C)CC. The first kappa shape index (κ1) is 15.5. The zero-order valence-electron chi connectivity index (χ0n) is 12.0. The van der Waals surface area contributed by atoms with Crippen molar-refractivity contribution >= 4 is 5.91 Å². The first-order valence-electron chi connectivity index (χ1n) is 6.84. The molecule has 3 N–H and O–H groups in total. The number of nitrogens with one attached hydrogen (secondary N) is 1. The van der Waals surface area contributed by atoms with Crippen LogP contribution < -0.4 is 15.8 Å². The Morgan fingerprint density at radius 3 is 2.68 bits per heavy atom. The Balaban J connectivity index is 2.59. The van der Waals surface area contributed by atoms with Gasteiger partial charge in [-0.25, -0.2) is 0 Å². The number of hydrogen-bond donors (Lipinski definition) is 2. The summed E-state index contributed by atoms with van der Waals surface area (Å²) < 4.78 is 5.52. The number of rotatable bonds is 7. The van der Waals surface area contributed by atoms with Crippen LogP contribution >= 0.6 is 0 Å². The molecule has 4 nitrogen and oxygen atoms in total. The number of carbonyl (C=O) groups excluding carboxylic acids is 1. The molecule has 0 fully saturated rings. The minimum absolute atomic E-state index is 0.111. The maximum Gasteiger partial charge on any atom is 0.237 e. The number of amides is 1. The molecule has 4 heteroatoms. The van der Waals surface area contributed by atoms with E-state index in [1.807, 2.05) is 45.0 Å². The maximum absolute atomic E-state index is 11.9. The normalized spacial score (nSPS) is 13.7. The fraction of sp³-hybridized carbons (Fsp3) is 0.533. The van der Waals surface area contributed by atoms with Gasteiger partial charge in [0.15, 0.2) is 0 Å². The summed E-state index contributed by atoms with van der Waals surface area (Å²) in [6, 6.07) is 7.24. The molecule has 1 aromatic carbocycles. The molecule has 0 bridgehead atoms. The lowest BCUT2D eigenvalue weighted by molar-refractivity contribution is -0.123. The maximum atomic E-state index is 11.9. The van der Waals surface area contributed by atoms with Crippen molar-refractivity contribution in [2.24, 2.45) is 11.7 Å². The van der Waals surface area contributed by atoms with Gasteiger partial charge >= 0.3 is 0 Å². The molecule has 0 saturated heterocycles. The van der Waals surface area contributed by atoms with E-state index in [9.17, 15) is 4.79 Å². The summed E-state index contributed by atoms with van der Waals surface area (Å²) in [7, 11) is 0. The summed E-state index contributed by atoms with van der Waals surface area (Å²) in [4.78, 5) is 11.9. The summed E-state index contributed by atoms with van der Waals surface area (Å²) in [6.07, 6.45) is 0.893. The first-order chi connectivity index (χ1) is 9.10. The smallest absolute Gasteiger partial charge is 0.237 e. The highest BCUT2D eigenvalue weighted by Crippen LogP contribution is 2.17. The van der Waals surface area contributed by atoms with E-state index >= 15 is 0 Å². The van der Waals surface area contributed by atoms with E-state index in [4.69, 9.17) is 10.5 Å². The van der Waals surface area contributed by atoms with E-state index in [1.54, 1.807) is 0 Å². The second-order valence-electron chi connectivity index (χ2n) is 4.67. The summed E-state index contributed by atoms with van der Waals surface area (Å²) in [5.74, 6) is 0.880. The van der Waals surface area contributed by atoms with Crippen molar-refractivity contribution < 1.29 is 9.53 Å². The molecule has 1 rings (SSSR count). The Kier molecular flexibility index (Phi) is 6.36. The predicted molar refractivity (Wildman–Crippen MR) is 76.9 cm³/mol. The molecule has 19 heavy (non-hydrogen) atoms. The van der Waals surface area contributed by atoms with Gasteiger partial charge < -0.3 is 15.8 Å². The van der Waals surface area contributed by atoms with Crippen LogP contribution in [0.3, 0.4) is 0 Å². The number of carbonyl (C=O) groups is 1. The van der Waals surface area contributed by atoms with Crippen LogP contribution in [0.2, 0.25) is 0 Å². The molecule has 2 atom stereocenters. The van der Waals surface area contributed by atoms with Gasteiger partial charge in [-0.3, -0.25) is 4.79 Å². The summed E-state index contributed by atoms with van der Waals surface area (Å²) >= 11 is 0. The fourth-order valence-electron chi connectivity index (χ4n) is 1.76. The molecule has 0 aliphatic heterocycles. The molecule has 0 aliphatic rings. The van der Waals surface area contributed by atoms with Gasteiger partial charge in [0.1, 0.15) is 5.75 Å². The van der Waals surface area contributed by atoms with Crippen molar-refractivity contribution in [2.45, 2.75) is 39.8 Å². The Morgan fingerprint density at radius 2 is 2.05 bits per heavy atom. The van der Waals surface area contributed by atoms with Crippen molar-refractivity contribution in [1.82, 2.24) is 5.32 Å². The highest BCUT2D eigenvalue weighted by atomic mass is 16.5. The van der Waals surface area contributed by atoms with Crippen molar-refractivity contribution in [1.29, 1.82) is 0 Å². The number of hydrogen-bond acceptors (Lipinski definition) is 3. The second-order valence-corrected chi connectivity index (χ2v) is 4.67. The van der Waals surface area contributed by atoms with Gasteiger partial charge in [-0.15, -0.1) is 0 Å². The Labute approximate surface area is 115 Å². The van der Waals surface area contributed by atoms with Gasteiger partial charge in [0.25, 0.3) is 0 Å². The average Bonchev–Trinajstić information content (AvgIpc) is 2.44. The number of para-hydroxylation sites is 1. The second kappa shape index (κ2) is 7.79. The van der Waals surface area contributed by atoms with Crippen molar-refractivity contribution in [3.63, 3.8) is 0 Å². The van der Waals surface area contributed by atoms with E-state index in [0.717, 1.165) is 17.7 Å². The monoisotopic (exact) mass is 264 g/mol. The molecule has 2 unspecified atom stereocenters. The Morgan fingerprint density at radius 1 is 1.37 bits per heavy atom. The van der Waals surface area contributed by atoms with Gasteiger partial charge in [0, 0.05) is 12.1 Å².